The van der Waals surface area contributed by atoms with E-state index < -0.39 is 0 Å². The third-order valence-corrected chi connectivity index (χ3v) is 3.56. The zero-order valence-electron chi connectivity index (χ0n) is 10.9. The molecule has 3 aromatic rings. The summed E-state index contributed by atoms with van der Waals surface area (Å²) >= 11 is 5.35. The number of aromatic nitrogens is 5. The molecule has 3 rings (SSSR count). The lowest BCUT2D eigenvalue weighted by molar-refractivity contribution is 0.655. The average molecular weight is 284 g/mol. The summed E-state index contributed by atoms with van der Waals surface area (Å²) in [4.78, 5) is 3.14. The minimum absolute atomic E-state index is 0.529. The van der Waals surface area contributed by atoms with E-state index in [2.05, 4.69) is 21.3 Å². The highest BCUT2D eigenvalue weighted by Gasteiger charge is 2.09. The van der Waals surface area contributed by atoms with Crippen LogP contribution in [0.4, 0.5) is 0 Å². The number of nitriles is 1. The molecule has 2 heterocycles. The molecule has 0 fully saturated rings. The molecule has 2 aromatic heterocycles. The van der Waals surface area contributed by atoms with Gasteiger partial charge in [0.25, 0.3) is 0 Å². The number of imidazole rings is 1. The molecular formula is C13H12N6S. The Labute approximate surface area is 120 Å². The van der Waals surface area contributed by atoms with Crippen LogP contribution in [-0.2, 0) is 13.1 Å². The molecular weight excluding hydrogens is 272 g/mol. The van der Waals surface area contributed by atoms with Crippen LogP contribution in [0.3, 0.4) is 0 Å². The Morgan fingerprint density at radius 2 is 2.30 bits per heavy atom. The lowest BCUT2D eigenvalue weighted by Gasteiger charge is -2.05. The summed E-state index contributed by atoms with van der Waals surface area (Å²) in [6.07, 6.45) is 1.70. The molecule has 0 saturated carbocycles. The van der Waals surface area contributed by atoms with E-state index >= 15 is 0 Å². The minimum Gasteiger partial charge on any atom is -0.331 e. The number of benzene rings is 1. The largest absolute Gasteiger partial charge is 0.331 e. The maximum Gasteiger partial charge on any atom is 0.178 e. The van der Waals surface area contributed by atoms with Crippen molar-refractivity contribution in [1.82, 2.24) is 24.3 Å². The molecule has 0 radical (unpaired) electrons. The Hall–Kier alpha value is -2.46. The standard InChI is InChI=1S/C13H12N6S/c1-2-18-8-15-17-12(18)7-19-11-5-9(6-14)3-4-10(11)16-13(19)20/h3-5,8H,2,7H2,1H3,(H,16,20). The number of aromatic amines is 1. The van der Waals surface area contributed by atoms with Crippen LogP contribution in [-0.4, -0.2) is 24.3 Å². The topological polar surface area (TPSA) is 75.2 Å². The predicted octanol–water partition coefficient (Wildman–Crippen LogP) is 2.23. The third-order valence-electron chi connectivity index (χ3n) is 3.24. The van der Waals surface area contributed by atoms with Gasteiger partial charge in [0.15, 0.2) is 10.6 Å². The minimum atomic E-state index is 0.529. The lowest BCUT2D eigenvalue weighted by Crippen LogP contribution is -2.07. The van der Waals surface area contributed by atoms with Gasteiger partial charge >= 0.3 is 0 Å². The van der Waals surface area contributed by atoms with Crippen molar-refractivity contribution in [3.8, 4) is 6.07 Å². The van der Waals surface area contributed by atoms with Crippen LogP contribution < -0.4 is 0 Å². The van der Waals surface area contributed by atoms with E-state index in [0.29, 0.717) is 16.9 Å². The number of hydrogen-bond acceptors (Lipinski definition) is 4. The molecule has 0 amide bonds. The highest BCUT2D eigenvalue weighted by atomic mass is 32.1. The number of fused-ring (bicyclic) bond motifs is 1. The van der Waals surface area contributed by atoms with E-state index in [9.17, 15) is 0 Å². The van der Waals surface area contributed by atoms with Gasteiger partial charge in [0.2, 0.25) is 0 Å². The van der Waals surface area contributed by atoms with Crippen LogP contribution >= 0.6 is 12.2 Å². The Kier molecular flexibility index (Phi) is 3.08. The van der Waals surface area contributed by atoms with Crippen molar-refractivity contribution >= 4 is 23.3 Å². The summed E-state index contributed by atoms with van der Waals surface area (Å²) in [6, 6.07) is 7.61. The normalized spacial score (nSPS) is 10.8. The van der Waals surface area contributed by atoms with Gasteiger partial charge in [-0.05, 0) is 37.3 Å². The zero-order chi connectivity index (χ0) is 14.1. The highest BCUT2D eigenvalue weighted by molar-refractivity contribution is 7.71. The molecule has 0 bridgehead atoms. The molecule has 0 saturated heterocycles. The zero-order valence-corrected chi connectivity index (χ0v) is 11.7. The van der Waals surface area contributed by atoms with Crippen LogP contribution in [0, 0.1) is 16.1 Å². The fourth-order valence-electron chi connectivity index (χ4n) is 2.19. The number of hydrogen-bond donors (Lipinski definition) is 1. The first kappa shape index (κ1) is 12.6. The maximum absolute atomic E-state index is 9.01. The van der Waals surface area contributed by atoms with Crippen molar-refractivity contribution in [2.24, 2.45) is 0 Å². The predicted molar refractivity (Wildman–Crippen MR) is 76.6 cm³/mol. The summed E-state index contributed by atoms with van der Waals surface area (Å²) in [6.45, 7) is 3.37. The first-order chi connectivity index (χ1) is 9.72. The van der Waals surface area contributed by atoms with Gasteiger partial charge in [-0.1, -0.05) is 0 Å². The van der Waals surface area contributed by atoms with Gasteiger partial charge < -0.3 is 14.1 Å². The van der Waals surface area contributed by atoms with Gasteiger partial charge in [0.05, 0.1) is 29.2 Å². The highest BCUT2D eigenvalue weighted by Crippen LogP contribution is 2.17. The molecule has 100 valence electrons. The van der Waals surface area contributed by atoms with E-state index in [1.807, 2.05) is 28.2 Å². The Morgan fingerprint density at radius 3 is 3.05 bits per heavy atom. The van der Waals surface area contributed by atoms with Gasteiger partial charge in [-0.15, -0.1) is 10.2 Å². The van der Waals surface area contributed by atoms with Crippen molar-refractivity contribution < 1.29 is 0 Å². The fraction of sp³-hybridized carbons (Fsp3) is 0.231. The van der Waals surface area contributed by atoms with Gasteiger partial charge in [0, 0.05) is 6.54 Å². The Bertz CT molecular complexity index is 863. The molecule has 7 heteroatoms. The molecule has 0 atom stereocenters. The first-order valence-electron chi connectivity index (χ1n) is 6.22. The SMILES string of the molecule is CCn1cnnc1Cn1c(=S)[nH]c2ccc(C#N)cc21. The summed E-state index contributed by atoms with van der Waals surface area (Å²) in [5.41, 5.74) is 2.42. The van der Waals surface area contributed by atoms with Crippen LogP contribution in [0.5, 0.6) is 0 Å². The van der Waals surface area contributed by atoms with Crippen molar-refractivity contribution in [2.45, 2.75) is 20.0 Å². The number of nitrogens with zero attached hydrogens (tertiary/aromatic N) is 5. The van der Waals surface area contributed by atoms with Gasteiger partial charge in [-0.2, -0.15) is 5.26 Å². The van der Waals surface area contributed by atoms with Crippen LogP contribution in [0.25, 0.3) is 11.0 Å². The fourth-order valence-corrected chi connectivity index (χ4v) is 2.46. The molecule has 0 aliphatic carbocycles. The Balaban J connectivity index is 2.13. The second-order valence-corrected chi connectivity index (χ2v) is 4.78. The summed E-state index contributed by atoms with van der Waals surface area (Å²) < 4.78 is 4.51. The second kappa shape index (κ2) is 4.90. The quantitative estimate of drug-likeness (QED) is 0.748. The van der Waals surface area contributed by atoms with E-state index in [1.54, 1.807) is 12.4 Å². The van der Waals surface area contributed by atoms with Crippen molar-refractivity contribution in [3.05, 3.63) is 40.7 Å². The molecule has 20 heavy (non-hydrogen) atoms. The molecule has 0 aliphatic heterocycles. The smallest absolute Gasteiger partial charge is 0.178 e. The van der Waals surface area contributed by atoms with Crippen LogP contribution in [0.15, 0.2) is 24.5 Å². The number of aryl methyl sites for hydroxylation is 1. The van der Waals surface area contributed by atoms with E-state index in [0.717, 1.165) is 23.4 Å². The van der Waals surface area contributed by atoms with Crippen LogP contribution in [0.2, 0.25) is 0 Å². The second-order valence-electron chi connectivity index (χ2n) is 4.39. The monoisotopic (exact) mass is 284 g/mol. The van der Waals surface area contributed by atoms with Gasteiger partial charge in [0.1, 0.15) is 6.33 Å². The van der Waals surface area contributed by atoms with Crippen molar-refractivity contribution in [2.75, 3.05) is 0 Å². The van der Waals surface area contributed by atoms with Crippen molar-refractivity contribution in [1.29, 1.82) is 5.26 Å². The lowest BCUT2D eigenvalue weighted by atomic mass is 10.2. The van der Waals surface area contributed by atoms with E-state index in [-0.39, 0.29) is 0 Å². The first-order valence-corrected chi connectivity index (χ1v) is 6.63. The summed E-state index contributed by atoms with van der Waals surface area (Å²) in [5.74, 6) is 0.840. The molecule has 1 aromatic carbocycles. The number of H-pyrrole nitrogens is 1. The molecule has 0 unspecified atom stereocenters. The summed E-state index contributed by atoms with van der Waals surface area (Å²) in [5, 5.41) is 17.1. The molecule has 0 spiro atoms. The molecule has 6 nitrogen and oxygen atoms in total. The number of rotatable bonds is 3. The van der Waals surface area contributed by atoms with E-state index in [1.165, 1.54) is 0 Å². The summed E-state index contributed by atoms with van der Waals surface area (Å²) in [7, 11) is 0. The molecule has 0 aliphatic rings. The average Bonchev–Trinajstić information content (AvgIpc) is 3.03. The van der Waals surface area contributed by atoms with Crippen molar-refractivity contribution in [3.63, 3.8) is 0 Å². The molecule has 1 N–H and O–H groups in total. The maximum atomic E-state index is 9.01. The van der Waals surface area contributed by atoms with Crippen LogP contribution in [0.1, 0.15) is 18.3 Å². The third kappa shape index (κ3) is 2.00. The number of nitrogens with one attached hydrogen (secondary N) is 1. The van der Waals surface area contributed by atoms with E-state index in [4.69, 9.17) is 17.5 Å². The van der Waals surface area contributed by atoms with Gasteiger partial charge in [-0.25, -0.2) is 0 Å². The van der Waals surface area contributed by atoms with Gasteiger partial charge in [-0.3, -0.25) is 0 Å². The Morgan fingerprint density at radius 1 is 1.45 bits per heavy atom.